The minimum absolute atomic E-state index is 0. The molecular formula is C12H24IN3. The maximum Gasteiger partial charge on any atom is 0.191 e. The van der Waals surface area contributed by atoms with E-state index in [-0.39, 0.29) is 24.0 Å². The number of guanidine groups is 1. The van der Waals surface area contributed by atoms with Gasteiger partial charge in [0, 0.05) is 18.6 Å². The van der Waals surface area contributed by atoms with Gasteiger partial charge in [0.2, 0.25) is 0 Å². The number of halogens is 1. The minimum atomic E-state index is 0. The van der Waals surface area contributed by atoms with Crippen molar-refractivity contribution in [2.75, 3.05) is 6.54 Å². The van der Waals surface area contributed by atoms with Gasteiger partial charge in [0.1, 0.15) is 0 Å². The summed E-state index contributed by atoms with van der Waals surface area (Å²) in [6.45, 7) is 5.22. The summed E-state index contributed by atoms with van der Waals surface area (Å²) < 4.78 is 0. The van der Waals surface area contributed by atoms with E-state index in [1.54, 1.807) is 0 Å². The Morgan fingerprint density at radius 1 is 1.25 bits per heavy atom. The van der Waals surface area contributed by atoms with Gasteiger partial charge >= 0.3 is 0 Å². The van der Waals surface area contributed by atoms with Crippen molar-refractivity contribution in [2.45, 2.75) is 58.0 Å². The summed E-state index contributed by atoms with van der Waals surface area (Å²) >= 11 is 0. The summed E-state index contributed by atoms with van der Waals surface area (Å²) in [4.78, 5) is 4.47. The molecule has 2 aliphatic carbocycles. The van der Waals surface area contributed by atoms with Crippen molar-refractivity contribution >= 4 is 29.9 Å². The van der Waals surface area contributed by atoms with Crippen molar-refractivity contribution in [1.29, 1.82) is 0 Å². The number of aliphatic imine (C=N–C) groups is 1. The molecule has 2 N–H and O–H groups in total. The van der Waals surface area contributed by atoms with Gasteiger partial charge in [-0.25, -0.2) is 0 Å². The van der Waals surface area contributed by atoms with Crippen LogP contribution in [0.1, 0.15) is 46.0 Å². The Balaban J connectivity index is 0.00000128. The highest BCUT2D eigenvalue weighted by Crippen LogP contribution is 2.34. The Hall–Kier alpha value is 0. The molecule has 3 nitrogen and oxygen atoms in total. The van der Waals surface area contributed by atoms with Crippen LogP contribution in [0.15, 0.2) is 4.99 Å². The molecule has 0 saturated heterocycles. The summed E-state index contributed by atoms with van der Waals surface area (Å²) in [5.41, 5.74) is 0. The molecule has 2 fully saturated rings. The van der Waals surface area contributed by atoms with Crippen molar-refractivity contribution < 1.29 is 0 Å². The lowest BCUT2D eigenvalue weighted by Crippen LogP contribution is -2.40. The molecular weight excluding hydrogens is 313 g/mol. The van der Waals surface area contributed by atoms with Crippen molar-refractivity contribution in [2.24, 2.45) is 10.9 Å². The minimum Gasteiger partial charge on any atom is -0.354 e. The maximum absolute atomic E-state index is 4.47. The summed E-state index contributed by atoms with van der Waals surface area (Å²) in [6.07, 6.45) is 6.63. The van der Waals surface area contributed by atoms with Crippen LogP contribution in [0, 0.1) is 5.92 Å². The molecule has 0 amide bonds. The highest BCUT2D eigenvalue weighted by molar-refractivity contribution is 14.0. The molecule has 0 aromatic rings. The van der Waals surface area contributed by atoms with Crippen molar-refractivity contribution in [3.8, 4) is 0 Å². The van der Waals surface area contributed by atoms with Gasteiger partial charge in [-0.3, -0.25) is 4.99 Å². The van der Waals surface area contributed by atoms with Gasteiger partial charge in [0.25, 0.3) is 0 Å². The lowest BCUT2D eigenvalue weighted by Gasteiger charge is -2.11. The molecule has 0 aromatic carbocycles. The number of hydrogen-bond acceptors (Lipinski definition) is 1. The summed E-state index contributed by atoms with van der Waals surface area (Å²) in [6, 6.07) is 1.40. The molecule has 2 aliphatic rings. The summed E-state index contributed by atoms with van der Waals surface area (Å²) in [5, 5.41) is 7.00. The molecule has 0 bridgehead atoms. The zero-order chi connectivity index (χ0) is 10.7. The Bertz CT molecular complexity index is 238. The van der Waals surface area contributed by atoms with Crippen molar-refractivity contribution in [3.05, 3.63) is 0 Å². The van der Waals surface area contributed by atoms with Crippen LogP contribution in [-0.4, -0.2) is 24.6 Å². The molecule has 2 rings (SSSR count). The van der Waals surface area contributed by atoms with Crippen LogP contribution in [0.3, 0.4) is 0 Å². The van der Waals surface area contributed by atoms with E-state index in [1.165, 1.54) is 32.1 Å². The topological polar surface area (TPSA) is 36.4 Å². The van der Waals surface area contributed by atoms with E-state index >= 15 is 0 Å². The zero-order valence-electron chi connectivity index (χ0n) is 10.3. The molecule has 0 radical (unpaired) electrons. The molecule has 2 saturated carbocycles. The summed E-state index contributed by atoms with van der Waals surface area (Å²) in [5.74, 6) is 1.95. The molecule has 2 atom stereocenters. The number of rotatable bonds is 5. The normalized spacial score (nSPS) is 28.2. The van der Waals surface area contributed by atoms with Crippen LogP contribution in [0.2, 0.25) is 0 Å². The highest BCUT2D eigenvalue weighted by atomic mass is 127. The van der Waals surface area contributed by atoms with Crippen LogP contribution in [-0.2, 0) is 0 Å². The largest absolute Gasteiger partial charge is 0.354 e. The SMILES string of the molecule is CCCC1CC1NC(=NCC)NC1CC1.I. The Labute approximate surface area is 116 Å². The second kappa shape index (κ2) is 6.67. The van der Waals surface area contributed by atoms with Crippen LogP contribution in [0.4, 0.5) is 0 Å². The number of nitrogens with one attached hydrogen (secondary N) is 2. The second-order valence-electron chi connectivity index (χ2n) is 4.78. The molecule has 0 heterocycles. The van der Waals surface area contributed by atoms with E-state index in [4.69, 9.17) is 0 Å². The average molecular weight is 337 g/mol. The fraction of sp³-hybridized carbons (Fsp3) is 0.917. The van der Waals surface area contributed by atoms with Crippen LogP contribution in [0.25, 0.3) is 0 Å². The third-order valence-electron chi connectivity index (χ3n) is 3.14. The Kier molecular flexibility index (Phi) is 5.86. The first-order valence-electron chi connectivity index (χ1n) is 6.41. The molecule has 0 aromatic heterocycles. The highest BCUT2D eigenvalue weighted by Gasteiger charge is 2.37. The van der Waals surface area contributed by atoms with E-state index in [0.29, 0.717) is 12.1 Å². The first-order chi connectivity index (χ1) is 7.33. The lowest BCUT2D eigenvalue weighted by atomic mass is 10.2. The monoisotopic (exact) mass is 337 g/mol. The smallest absolute Gasteiger partial charge is 0.191 e. The van der Waals surface area contributed by atoms with Crippen LogP contribution in [0.5, 0.6) is 0 Å². The van der Waals surface area contributed by atoms with E-state index in [9.17, 15) is 0 Å². The second-order valence-corrected chi connectivity index (χ2v) is 4.78. The van der Waals surface area contributed by atoms with Gasteiger partial charge in [-0.1, -0.05) is 13.3 Å². The molecule has 94 valence electrons. The predicted octanol–water partition coefficient (Wildman–Crippen LogP) is 2.51. The van der Waals surface area contributed by atoms with Gasteiger partial charge < -0.3 is 10.6 Å². The van der Waals surface area contributed by atoms with E-state index < -0.39 is 0 Å². The number of nitrogens with zero attached hydrogens (tertiary/aromatic N) is 1. The van der Waals surface area contributed by atoms with Gasteiger partial charge in [0.05, 0.1) is 0 Å². The standard InChI is InChI=1S/C12H23N3.HI/c1-3-5-9-8-11(9)15-12(13-4-2)14-10-6-7-10;/h9-11H,3-8H2,1-2H3,(H2,13,14,15);1H. The fourth-order valence-corrected chi connectivity index (χ4v) is 2.00. The summed E-state index contributed by atoms with van der Waals surface area (Å²) in [7, 11) is 0. The number of hydrogen-bond donors (Lipinski definition) is 2. The molecule has 0 spiro atoms. The lowest BCUT2D eigenvalue weighted by molar-refractivity contribution is 0.654. The Morgan fingerprint density at radius 3 is 2.56 bits per heavy atom. The fourth-order valence-electron chi connectivity index (χ4n) is 2.00. The van der Waals surface area contributed by atoms with Crippen molar-refractivity contribution in [1.82, 2.24) is 10.6 Å². The van der Waals surface area contributed by atoms with Crippen LogP contribution < -0.4 is 10.6 Å². The quantitative estimate of drug-likeness (QED) is 0.459. The third-order valence-corrected chi connectivity index (χ3v) is 3.14. The maximum atomic E-state index is 4.47. The predicted molar refractivity (Wildman–Crippen MR) is 79.5 cm³/mol. The molecule has 4 heteroatoms. The van der Waals surface area contributed by atoms with Gasteiger partial charge in [-0.05, 0) is 38.5 Å². The first-order valence-corrected chi connectivity index (χ1v) is 6.41. The van der Waals surface area contributed by atoms with Gasteiger partial charge in [-0.15, -0.1) is 24.0 Å². The van der Waals surface area contributed by atoms with E-state index in [0.717, 1.165) is 18.4 Å². The van der Waals surface area contributed by atoms with Gasteiger partial charge in [0.15, 0.2) is 5.96 Å². The molecule has 16 heavy (non-hydrogen) atoms. The molecule has 0 aliphatic heterocycles. The van der Waals surface area contributed by atoms with Gasteiger partial charge in [-0.2, -0.15) is 0 Å². The first kappa shape index (κ1) is 14.1. The van der Waals surface area contributed by atoms with Crippen molar-refractivity contribution in [3.63, 3.8) is 0 Å². The molecule has 2 unspecified atom stereocenters. The van der Waals surface area contributed by atoms with E-state index in [1.807, 2.05) is 0 Å². The third kappa shape index (κ3) is 4.47. The average Bonchev–Trinajstić information content (AvgIpc) is 3.07. The van der Waals surface area contributed by atoms with E-state index in [2.05, 4.69) is 29.5 Å². The Morgan fingerprint density at radius 2 is 2.00 bits per heavy atom. The van der Waals surface area contributed by atoms with Crippen LogP contribution >= 0.6 is 24.0 Å². The zero-order valence-corrected chi connectivity index (χ0v) is 12.7.